The van der Waals surface area contributed by atoms with E-state index in [-0.39, 0.29) is 5.91 Å². The van der Waals surface area contributed by atoms with E-state index in [1.165, 1.54) is 32.1 Å². The Morgan fingerprint density at radius 1 is 1.32 bits per heavy atom. The molecule has 0 bridgehead atoms. The van der Waals surface area contributed by atoms with Crippen LogP contribution < -0.4 is 5.32 Å². The van der Waals surface area contributed by atoms with Crippen LogP contribution >= 0.6 is 0 Å². The highest BCUT2D eigenvalue weighted by Gasteiger charge is 2.35. The van der Waals surface area contributed by atoms with Crippen LogP contribution in [0.4, 0.5) is 0 Å². The van der Waals surface area contributed by atoms with Gasteiger partial charge in [0, 0.05) is 44.9 Å². The number of terminal acetylenes is 1. The van der Waals surface area contributed by atoms with Crippen molar-refractivity contribution in [2.24, 2.45) is 0 Å². The topological polar surface area (TPSA) is 55.8 Å². The van der Waals surface area contributed by atoms with Gasteiger partial charge in [-0.25, -0.2) is 5.01 Å². The second-order valence-electron chi connectivity index (χ2n) is 8.20. The molecule has 0 unspecified atom stereocenters. The van der Waals surface area contributed by atoms with Gasteiger partial charge in [-0.15, -0.1) is 12.3 Å². The highest BCUT2D eigenvalue weighted by atomic mass is 16.2. The van der Waals surface area contributed by atoms with Crippen LogP contribution in [0.15, 0.2) is 30.0 Å². The number of rotatable bonds is 6. The Morgan fingerprint density at radius 3 is 2.61 bits per heavy atom. The number of aryl methyl sites for hydroxylation is 1. The minimum atomic E-state index is 0.133. The van der Waals surface area contributed by atoms with Crippen molar-refractivity contribution in [3.63, 3.8) is 0 Å². The first-order chi connectivity index (χ1) is 15.0. The number of nitrogens with zero attached hydrogens (tertiary/aromatic N) is 2. The Labute approximate surface area is 187 Å². The minimum absolute atomic E-state index is 0.133. The lowest BCUT2D eigenvalue weighted by Crippen LogP contribution is -2.47. The molecule has 0 atom stereocenters. The Balaban J connectivity index is 0.00000166. The van der Waals surface area contributed by atoms with Gasteiger partial charge in [0.25, 0.3) is 5.91 Å². The Morgan fingerprint density at radius 2 is 2.00 bits per heavy atom. The molecule has 1 heterocycles. The van der Waals surface area contributed by atoms with E-state index in [4.69, 9.17) is 11.5 Å². The van der Waals surface area contributed by atoms with E-state index in [2.05, 4.69) is 47.6 Å². The molecule has 5 nitrogen and oxygen atoms in total. The van der Waals surface area contributed by atoms with Crippen molar-refractivity contribution in [1.82, 2.24) is 15.3 Å². The fourth-order valence-electron chi connectivity index (χ4n) is 4.46. The van der Waals surface area contributed by atoms with Gasteiger partial charge < -0.3 is 10.4 Å². The maximum absolute atomic E-state index is 13.2. The normalized spacial score (nSPS) is 17.2. The lowest BCUT2D eigenvalue weighted by atomic mass is 9.95. The van der Waals surface area contributed by atoms with Crippen molar-refractivity contribution >= 4 is 11.5 Å². The Bertz CT molecular complexity index is 873. The number of nitrogens with one attached hydrogen (secondary N) is 1. The summed E-state index contributed by atoms with van der Waals surface area (Å²) in [7, 11) is 4.99. The summed E-state index contributed by atoms with van der Waals surface area (Å²) in [5, 5.41) is 14.3. The van der Waals surface area contributed by atoms with Crippen LogP contribution in [0.25, 0.3) is 5.57 Å². The third-order valence-corrected chi connectivity index (χ3v) is 6.21. The maximum Gasteiger partial charge on any atom is 0.269 e. The second-order valence-corrected chi connectivity index (χ2v) is 8.20. The Hall–Kier alpha value is -2.55. The molecule has 5 heteroatoms. The molecule has 3 rings (SSSR count). The number of hydrazine groups is 1. The lowest BCUT2D eigenvalue weighted by Gasteiger charge is -2.37. The zero-order valence-electron chi connectivity index (χ0n) is 19.7. The van der Waals surface area contributed by atoms with Gasteiger partial charge in [-0.3, -0.25) is 9.80 Å². The smallest absolute Gasteiger partial charge is 0.269 e. The van der Waals surface area contributed by atoms with E-state index in [1.54, 1.807) is 0 Å². The fourth-order valence-corrected chi connectivity index (χ4v) is 4.46. The van der Waals surface area contributed by atoms with E-state index in [0.29, 0.717) is 19.0 Å². The second kappa shape index (κ2) is 11.7. The number of hydrogen-bond donors (Lipinski definition) is 2. The van der Waals surface area contributed by atoms with Gasteiger partial charge in [-0.05, 0) is 61.1 Å². The molecule has 31 heavy (non-hydrogen) atoms. The molecular formula is C26H37N3O2. The van der Waals surface area contributed by atoms with Gasteiger partial charge in [0.2, 0.25) is 0 Å². The molecule has 1 saturated carbocycles. The quantitative estimate of drug-likeness (QED) is 0.530. The van der Waals surface area contributed by atoms with Crippen molar-refractivity contribution in [2.45, 2.75) is 65.0 Å². The number of hydrogen-bond acceptors (Lipinski definition) is 4. The van der Waals surface area contributed by atoms with Gasteiger partial charge in [-0.2, -0.15) is 0 Å². The van der Waals surface area contributed by atoms with Crippen molar-refractivity contribution < 1.29 is 9.90 Å². The fraction of sp³-hybridized carbons (Fsp3) is 0.500. The van der Waals surface area contributed by atoms with E-state index >= 15 is 0 Å². The van der Waals surface area contributed by atoms with Crippen LogP contribution in [0.3, 0.4) is 0 Å². The first kappa shape index (κ1) is 24.7. The summed E-state index contributed by atoms with van der Waals surface area (Å²) in [4.78, 5) is 13.2. The summed E-state index contributed by atoms with van der Waals surface area (Å²) in [5.41, 5.74) is 6.27. The molecule has 1 aliphatic carbocycles. The largest absolute Gasteiger partial charge is 0.400 e. The monoisotopic (exact) mass is 423 g/mol. The first-order valence-electron chi connectivity index (χ1n) is 11.1. The number of aliphatic hydroxyl groups is 1. The first-order valence-corrected chi connectivity index (χ1v) is 11.1. The van der Waals surface area contributed by atoms with E-state index < -0.39 is 0 Å². The van der Waals surface area contributed by atoms with Crippen molar-refractivity contribution in [3.8, 4) is 12.3 Å². The standard InChI is InChI=1S/C25H33N3O.CH4O/c1-6-7-11-20(15-19(3)26-4)21-14-18(2)24-22(16-21)17-28(25(24)29)27(5)23-12-9-8-10-13-23;1-2/h1,11,14-16,23,26H,7-10,12-13,17H2,2-5H3;2H,1H3/b19-15+,20-11+;. The van der Waals surface area contributed by atoms with Crippen LogP contribution in [0.2, 0.25) is 0 Å². The van der Waals surface area contributed by atoms with Gasteiger partial charge in [0.05, 0.1) is 6.54 Å². The molecule has 2 N–H and O–H groups in total. The zero-order valence-corrected chi connectivity index (χ0v) is 19.7. The average molecular weight is 424 g/mol. The summed E-state index contributed by atoms with van der Waals surface area (Å²) < 4.78 is 0. The average Bonchev–Trinajstić information content (AvgIpc) is 3.14. The van der Waals surface area contributed by atoms with E-state index in [9.17, 15) is 4.79 Å². The van der Waals surface area contributed by atoms with Crippen molar-refractivity contribution in [1.29, 1.82) is 0 Å². The third-order valence-electron chi connectivity index (χ3n) is 6.21. The minimum Gasteiger partial charge on any atom is -0.400 e. The number of fused-ring (bicyclic) bond motifs is 1. The number of allylic oxidation sites excluding steroid dienone is 4. The lowest BCUT2D eigenvalue weighted by molar-refractivity contribution is -0.0282. The molecule has 1 fully saturated rings. The zero-order chi connectivity index (χ0) is 23.0. The highest BCUT2D eigenvalue weighted by molar-refractivity contribution is 6.00. The molecule has 1 amide bonds. The molecular weight excluding hydrogens is 386 g/mol. The number of amides is 1. The number of carbonyl (C=O) groups is 1. The molecule has 1 aromatic rings. The summed E-state index contributed by atoms with van der Waals surface area (Å²) in [6.07, 6.45) is 16.4. The maximum atomic E-state index is 13.2. The van der Waals surface area contributed by atoms with Crippen LogP contribution in [0.5, 0.6) is 0 Å². The van der Waals surface area contributed by atoms with Crippen LogP contribution in [0, 0.1) is 19.3 Å². The third kappa shape index (κ3) is 5.78. The molecule has 0 aromatic heterocycles. The molecule has 0 radical (unpaired) electrons. The van der Waals surface area contributed by atoms with Gasteiger partial charge in [0.1, 0.15) is 0 Å². The summed E-state index contributed by atoms with van der Waals surface area (Å²) in [6, 6.07) is 4.74. The Kier molecular flexibility index (Phi) is 9.36. The van der Waals surface area contributed by atoms with Gasteiger partial charge in [0.15, 0.2) is 0 Å². The van der Waals surface area contributed by atoms with E-state index in [0.717, 1.165) is 40.6 Å². The van der Waals surface area contributed by atoms with Crippen LogP contribution in [-0.4, -0.2) is 48.3 Å². The van der Waals surface area contributed by atoms with Crippen molar-refractivity contribution in [3.05, 3.63) is 52.2 Å². The number of benzene rings is 1. The summed E-state index contributed by atoms with van der Waals surface area (Å²) in [6.45, 7) is 4.72. The predicted octanol–water partition coefficient (Wildman–Crippen LogP) is 4.27. The van der Waals surface area contributed by atoms with Gasteiger partial charge in [-0.1, -0.05) is 31.4 Å². The summed E-state index contributed by atoms with van der Waals surface area (Å²) in [5.74, 6) is 2.83. The van der Waals surface area contributed by atoms with Crippen LogP contribution in [0.1, 0.15) is 72.5 Å². The number of aliphatic hydroxyl groups excluding tert-OH is 1. The predicted molar refractivity (Wildman–Crippen MR) is 128 cm³/mol. The van der Waals surface area contributed by atoms with Crippen LogP contribution in [-0.2, 0) is 6.54 Å². The molecule has 0 spiro atoms. The molecule has 2 aliphatic rings. The molecule has 1 aromatic carbocycles. The van der Waals surface area contributed by atoms with Crippen molar-refractivity contribution in [2.75, 3.05) is 21.2 Å². The molecule has 168 valence electrons. The highest BCUT2D eigenvalue weighted by Crippen LogP contribution is 2.33. The molecule has 1 aliphatic heterocycles. The SMILES string of the molecule is C#CC/C=C(\C=C(/C)NC)c1cc(C)c2c(c1)CN(N(C)C1CCCCC1)C2=O.CO. The van der Waals surface area contributed by atoms with Gasteiger partial charge >= 0.3 is 0 Å². The molecule has 0 saturated heterocycles. The van der Waals surface area contributed by atoms with E-state index in [1.807, 2.05) is 25.9 Å². The number of carbonyl (C=O) groups excluding carboxylic acids is 1. The summed E-state index contributed by atoms with van der Waals surface area (Å²) >= 11 is 0.